The summed E-state index contributed by atoms with van der Waals surface area (Å²) in [5, 5.41) is 0. The molecule has 1 saturated heterocycles. The predicted octanol–water partition coefficient (Wildman–Crippen LogP) is 3.70. The van der Waals surface area contributed by atoms with Crippen LogP contribution in [-0.4, -0.2) is 23.4 Å². The number of likely N-dealkylation sites (N-methyl/N-ethyl adjacent to an activating group) is 1. The Hall–Kier alpha value is -2.00. The first-order valence-electron chi connectivity index (χ1n) is 6.95. The molecule has 2 aliphatic rings. The standard InChI is InChI=1S/C17H14ClNO2/c1-19-16(18)14-10-6-2-4-8-12(10)21-13-9-5-3-7-11(13)15(14)17(19)20/h2-9,14-16H,1H3. The maximum Gasteiger partial charge on any atom is 0.231 e. The zero-order valence-corrected chi connectivity index (χ0v) is 12.2. The molecule has 2 aromatic rings. The molecule has 0 aromatic heterocycles. The summed E-state index contributed by atoms with van der Waals surface area (Å²) in [5.41, 5.74) is 1.55. The monoisotopic (exact) mass is 299 g/mol. The zero-order valence-electron chi connectivity index (χ0n) is 11.5. The van der Waals surface area contributed by atoms with Crippen LogP contribution in [0.5, 0.6) is 11.5 Å². The Morgan fingerprint density at radius 1 is 1.00 bits per heavy atom. The van der Waals surface area contributed by atoms with Gasteiger partial charge in [0.15, 0.2) is 0 Å². The van der Waals surface area contributed by atoms with E-state index in [1.54, 1.807) is 11.9 Å². The summed E-state index contributed by atoms with van der Waals surface area (Å²) in [6.07, 6.45) is 0. The fourth-order valence-corrected chi connectivity index (χ4v) is 3.72. The smallest absolute Gasteiger partial charge is 0.231 e. The van der Waals surface area contributed by atoms with E-state index >= 15 is 0 Å². The highest BCUT2D eigenvalue weighted by Crippen LogP contribution is 2.53. The molecule has 3 nitrogen and oxygen atoms in total. The van der Waals surface area contributed by atoms with E-state index in [2.05, 4.69) is 0 Å². The summed E-state index contributed by atoms with van der Waals surface area (Å²) in [7, 11) is 1.76. The summed E-state index contributed by atoms with van der Waals surface area (Å²) in [6.45, 7) is 0. The van der Waals surface area contributed by atoms with Crippen LogP contribution in [0.4, 0.5) is 0 Å². The highest BCUT2D eigenvalue weighted by molar-refractivity contribution is 6.23. The second-order valence-corrected chi connectivity index (χ2v) is 5.95. The summed E-state index contributed by atoms with van der Waals surface area (Å²) in [5.74, 6) is 1.20. The van der Waals surface area contributed by atoms with Crippen molar-refractivity contribution in [2.45, 2.75) is 17.3 Å². The second-order valence-electron chi connectivity index (χ2n) is 5.50. The molecule has 1 fully saturated rings. The van der Waals surface area contributed by atoms with Gasteiger partial charge in [-0.25, -0.2) is 0 Å². The lowest BCUT2D eigenvalue weighted by Crippen LogP contribution is -2.26. The fourth-order valence-electron chi connectivity index (χ4n) is 3.35. The number of amides is 1. The largest absolute Gasteiger partial charge is 0.457 e. The van der Waals surface area contributed by atoms with Crippen LogP contribution in [0.25, 0.3) is 0 Å². The summed E-state index contributed by atoms with van der Waals surface area (Å²) < 4.78 is 6.04. The summed E-state index contributed by atoms with van der Waals surface area (Å²) >= 11 is 6.55. The predicted molar refractivity (Wildman–Crippen MR) is 80.9 cm³/mol. The average Bonchev–Trinajstić information content (AvgIpc) is 2.67. The van der Waals surface area contributed by atoms with E-state index in [4.69, 9.17) is 16.3 Å². The van der Waals surface area contributed by atoms with Crippen LogP contribution < -0.4 is 4.74 Å². The molecule has 0 spiro atoms. The molecule has 4 rings (SSSR count). The molecule has 1 amide bonds. The van der Waals surface area contributed by atoms with Crippen LogP contribution in [0.15, 0.2) is 48.5 Å². The number of halogens is 1. The van der Waals surface area contributed by atoms with Crippen molar-refractivity contribution in [2.24, 2.45) is 0 Å². The van der Waals surface area contributed by atoms with Crippen molar-refractivity contribution in [3.05, 3.63) is 59.7 Å². The molecule has 0 aliphatic carbocycles. The Bertz CT molecular complexity index is 730. The normalized spacial score (nSPS) is 26.5. The van der Waals surface area contributed by atoms with Crippen LogP contribution in [0, 0.1) is 0 Å². The maximum atomic E-state index is 12.7. The minimum absolute atomic E-state index is 0.0488. The van der Waals surface area contributed by atoms with Crippen molar-refractivity contribution in [1.29, 1.82) is 0 Å². The number of alkyl halides is 1. The lowest BCUT2D eigenvalue weighted by atomic mass is 9.83. The number of nitrogens with zero attached hydrogens (tertiary/aromatic N) is 1. The molecule has 0 N–H and O–H groups in total. The SMILES string of the molecule is CN1C(=O)C2c3ccccc3Oc3ccccc3C2C1Cl. The Morgan fingerprint density at radius 2 is 1.57 bits per heavy atom. The van der Waals surface area contributed by atoms with Crippen LogP contribution in [0.3, 0.4) is 0 Å². The van der Waals surface area contributed by atoms with Crippen molar-refractivity contribution < 1.29 is 9.53 Å². The van der Waals surface area contributed by atoms with Crippen LogP contribution in [0.2, 0.25) is 0 Å². The minimum Gasteiger partial charge on any atom is -0.457 e. The van der Waals surface area contributed by atoms with Gasteiger partial charge in [0.2, 0.25) is 5.91 Å². The van der Waals surface area contributed by atoms with Crippen molar-refractivity contribution in [1.82, 2.24) is 4.90 Å². The highest BCUT2D eigenvalue weighted by Gasteiger charge is 2.50. The van der Waals surface area contributed by atoms with Gasteiger partial charge in [0, 0.05) is 24.1 Å². The number of carbonyl (C=O) groups excluding carboxylic acids is 1. The number of carbonyl (C=O) groups is 1. The van der Waals surface area contributed by atoms with Crippen molar-refractivity contribution in [3.63, 3.8) is 0 Å². The van der Waals surface area contributed by atoms with Gasteiger partial charge in [-0.05, 0) is 12.1 Å². The van der Waals surface area contributed by atoms with Gasteiger partial charge >= 0.3 is 0 Å². The van der Waals surface area contributed by atoms with E-state index in [1.807, 2.05) is 48.5 Å². The molecular formula is C17H14ClNO2. The van der Waals surface area contributed by atoms with Crippen molar-refractivity contribution in [3.8, 4) is 11.5 Å². The lowest BCUT2D eigenvalue weighted by Gasteiger charge is -2.20. The second kappa shape index (κ2) is 4.50. The average molecular weight is 300 g/mol. The van der Waals surface area contributed by atoms with E-state index in [0.29, 0.717) is 0 Å². The molecule has 0 bridgehead atoms. The fraction of sp³-hybridized carbons (Fsp3) is 0.235. The molecule has 0 saturated carbocycles. The number of hydrogen-bond donors (Lipinski definition) is 0. The van der Waals surface area contributed by atoms with Crippen molar-refractivity contribution in [2.75, 3.05) is 7.05 Å². The molecule has 2 aromatic carbocycles. The number of rotatable bonds is 0. The third-order valence-electron chi connectivity index (χ3n) is 4.39. The number of likely N-dealkylation sites (tertiary alicyclic amines) is 1. The van der Waals surface area contributed by atoms with Gasteiger partial charge in [-0.2, -0.15) is 0 Å². The van der Waals surface area contributed by atoms with Gasteiger partial charge in [0.25, 0.3) is 0 Å². The minimum atomic E-state index is -0.363. The van der Waals surface area contributed by atoms with E-state index in [0.717, 1.165) is 22.6 Å². The van der Waals surface area contributed by atoms with Crippen LogP contribution in [0.1, 0.15) is 23.0 Å². The van der Waals surface area contributed by atoms with Crippen LogP contribution in [-0.2, 0) is 4.79 Å². The molecule has 4 heteroatoms. The van der Waals surface area contributed by atoms with E-state index in [9.17, 15) is 4.79 Å². The molecule has 3 unspecified atom stereocenters. The number of ether oxygens (including phenoxy) is 1. The molecule has 2 aliphatic heterocycles. The Morgan fingerprint density at radius 3 is 2.29 bits per heavy atom. The number of benzene rings is 2. The van der Waals surface area contributed by atoms with E-state index < -0.39 is 0 Å². The van der Waals surface area contributed by atoms with Gasteiger partial charge in [-0.15, -0.1) is 0 Å². The van der Waals surface area contributed by atoms with E-state index in [-0.39, 0.29) is 23.2 Å². The van der Waals surface area contributed by atoms with Gasteiger partial charge < -0.3 is 9.64 Å². The molecule has 3 atom stereocenters. The van der Waals surface area contributed by atoms with Crippen molar-refractivity contribution >= 4 is 17.5 Å². The maximum absolute atomic E-state index is 12.7. The number of para-hydroxylation sites is 2. The molecular weight excluding hydrogens is 286 g/mol. The third-order valence-corrected chi connectivity index (χ3v) is 4.96. The van der Waals surface area contributed by atoms with Gasteiger partial charge in [-0.3, -0.25) is 4.79 Å². The highest BCUT2D eigenvalue weighted by atomic mass is 35.5. The Kier molecular flexibility index (Phi) is 2.73. The quantitative estimate of drug-likeness (QED) is 0.548. The first-order chi connectivity index (χ1) is 10.2. The van der Waals surface area contributed by atoms with E-state index in [1.165, 1.54) is 0 Å². The Balaban J connectivity index is 2.01. The summed E-state index contributed by atoms with van der Waals surface area (Å²) in [4.78, 5) is 14.3. The van der Waals surface area contributed by atoms with Gasteiger partial charge in [0.1, 0.15) is 17.0 Å². The lowest BCUT2D eigenvalue weighted by molar-refractivity contribution is -0.128. The molecule has 0 radical (unpaired) electrons. The number of hydrogen-bond acceptors (Lipinski definition) is 2. The number of fused-ring (bicyclic) bond motifs is 5. The zero-order chi connectivity index (χ0) is 14.6. The third kappa shape index (κ3) is 1.70. The van der Waals surface area contributed by atoms with Gasteiger partial charge in [0.05, 0.1) is 5.92 Å². The topological polar surface area (TPSA) is 29.5 Å². The first kappa shape index (κ1) is 12.7. The summed E-state index contributed by atoms with van der Waals surface area (Å²) in [6, 6.07) is 15.5. The Labute approximate surface area is 128 Å². The van der Waals surface area contributed by atoms with Gasteiger partial charge in [-0.1, -0.05) is 48.0 Å². The molecule has 2 heterocycles. The first-order valence-corrected chi connectivity index (χ1v) is 7.38. The molecule has 21 heavy (non-hydrogen) atoms. The molecule has 106 valence electrons. The van der Waals surface area contributed by atoms with Crippen LogP contribution >= 0.6 is 11.6 Å².